The molecule has 25 heavy (non-hydrogen) atoms. The first-order chi connectivity index (χ1) is 11.9. The Balaban J connectivity index is 1.42. The van der Waals surface area contributed by atoms with Crippen LogP contribution in [0.2, 0.25) is 0 Å². The number of likely N-dealkylation sites (tertiary alicyclic amines) is 1. The van der Waals surface area contributed by atoms with Gasteiger partial charge in [0, 0.05) is 18.8 Å². The first kappa shape index (κ1) is 17.3. The minimum absolute atomic E-state index is 0.0437. The molecule has 1 aliphatic heterocycles. The third-order valence-electron chi connectivity index (χ3n) is 4.43. The number of urea groups is 1. The molecule has 134 valence electrons. The summed E-state index contributed by atoms with van der Waals surface area (Å²) in [6.07, 6.45) is 0. The number of hydrogen-bond donors (Lipinski definition) is 1. The molecule has 2 amide bonds. The Morgan fingerprint density at radius 1 is 1.28 bits per heavy atom. The van der Waals surface area contributed by atoms with Gasteiger partial charge in [-0.2, -0.15) is 5.10 Å². The van der Waals surface area contributed by atoms with Crippen LogP contribution < -0.4 is 10.1 Å². The normalized spacial score (nSPS) is 15.6. The Morgan fingerprint density at radius 2 is 1.96 bits per heavy atom. The lowest BCUT2D eigenvalue weighted by Gasteiger charge is -2.40. The van der Waals surface area contributed by atoms with E-state index < -0.39 is 0 Å². The zero-order valence-corrected chi connectivity index (χ0v) is 15.3. The molecule has 0 aliphatic carbocycles. The van der Waals surface area contributed by atoms with E-state index in [0.29, 0.717) is 19.7 Å². The van der Waals surface area contributed by atoms with Crippen molar-refractivity contribution in [2.75, 3.05) is 19.7 Å². The Labute approximate surface area is 148 Å². The van der Waals surface area contributed by atoms with Crippen molar-refractivity contribution in [1.29, 1.82) is 0 Å². The smallest absolute Gasteiger partial charge is 0.317 e. The van der Waals surface area contributed by atoms with Gasteiger partial charge in [-0.05, 0) is 45.9 Å². The highest BCUT2D eigenvalue weighted by Crippen LogP contribution is 2.22. The van der Waals surface area contributed by atoms with E-state index in [1.165, 1.54) is 5.56 Å². The van der Waals surface area contributed by atoms with Crippen molar-refractivity contribution in [3.05, 3.63) is 47.3 Å². The van der Waals surface area contributed by atoms with Gasteiger partial charge in [0.1, 0.15) is 12.4 Å². The maximum Gasteiger partial charge on any atom is 0.317 e. The summed E-state index contributed by atoms with van der Waals surface area (Å²) in [6, 6.07) is 10.2. The second-order valence-electron chi connectivity index (χ2n) is 6.91. The molecule has 2 heterocycles. The number of benzene rings is 1. The molecule has 1 aromatic carbocycles. The summed E-state index contributed by atoms with van der Waals surface area (Å²) in [5.41, 5.74) is 3.35. The number of ether oxygens (including phenoxy) is 1. The van der Waals surface area contributed by atoms with Gasteiger partial charge in [-0.25, -0.2) is 4.79 Å². The van der Waals surface area contributed by atoms with E-state index in [1.807, 2.05) is 61.5 Å². The molecule has 1 N–H and O–H groups in total. The van der Waals surface area contributed by atoms with Gasteiger partial charge < -0.3 is 15.0 Å². The number of hydrogen-bond acceptors (Lipinski definition) is 3. The third-order valence-corrected chi connectivity index (χ3v) is 4.43. The largest absolute Gasteiger partial charge is 0.491 e. The number of nitrogens with zero attached hydrogens (tertiary/aromatic N) is 3. The predicted octanol–water partition coefficient (Wildman–Crippen LogP) is 2.84. The van der Waals surface area contributed by atoms with Gasteiger partial charge in [-0.1, -0.05) is 17.7 Å². The highest BCUT2D eigenvalue weighted by atomic mass is 16.5. The molecular weight excluding hydrogens is 316 g/mol. The second kappa shape index (κ2) is 7.17. The van der Waals surface area contributed by atoms with E-state index in [0.717, 1.165) is 17.1 Å². The Bertz CT molecular complexity index is 732. The Kier molecular flexibility index (Phi) is 4.97. The molecule has 0 radical (unpaired) electrons. The van der Waals surface area contributed by atoms with Crippen LogP contribution in [0.3, 0.4) is 0 Å². The van der Waals surface area contributed by atoms with E-state index >= 15 is 0 Å². The fourth-order valence-corrected chi connectivity index (χ4v) is 2.99. The maximum atomic E-state index is 12.3. The summed E-state index contributed by atoms with van der Waals surface area (Å²) >= 11 is 0. The zero-order valence-electron chi connectivity index (χ0n) is 15.3. The molecule has 1 fully saturated rings. The molecule has 1 saturated heterocycles. The SMILES string of the molecule is Cc1ccc(OC[C@@H](C)NC(=O)N2CC(n3nc(C)cc3C)C2)cc1. The standard InChI is InChI=1S/C19H26N4O2/c1-13-5-7-18(8-6-13)25-12-15(3)20-19(24)22-10-17(11-22)23-16(4)9-14(2)21-23/h5-9,15,17H,10-12H2,1-4H3,(H,20,24)/t15-/m1/s1. The van der Waals surface area contributed by atoms with Gasteiger partial charge in [-0.3, -0.25) is 4.68 Å². The summed E-state index contributed by atoms with van der Waals surface area (Å²) in [7, 11) is 0. The molecule has 0 unspecified atom stereocenters. The molecule has 0 saturated carbocycles. The molecule has 3 rings (SSSR count). The predicted molar refractivity (Wildman–Crippen MR) is 97.0 cm³/mol. The Morgan fingerprint density at radius 3 is 2.56 bits per heavy atom. The van der Waals surface area contributed by atoms with Crippen LogP contribution >= 0.6 is 0 Å². The average molecular weight is 342 g/mol. The minimum atomic E-state index is -0.0541. The van der Waals surface area contributed by atoms with Crippen LogP contribution in [0.4, 0.5) is 4.79 Å². The lowest BCUT2D eigenvalue weighted by atomic mass is 10.1. The van der Waals surface area contributed by atoms with E-state index in [-0.39, 0.29) is 18.1 Å². The van der Waals surface area contributed by atoms with Crippen molar-refractivity contribution in [3.8, 4) is 5.75 Å². The lowest BCUT2D eigenvalue weighted by molar-refractivity contribution is 0.113. The summed E-state index contributed by atoms with van der Waals surface area (Å²) in [5.74, 6) is 0.820. The summed E-state index contributed by atoms with van der Waals surface area (Å²) in [5, 5.41) is 7.48. The number of aryl methyl sites for hydroxylation is 3. The monoisotopic (exact) mass is 342 g/mol. The van der Waals surface area contributed by atoms with Crippen molar-refractivity contribution >= 4 is 6.03 Å². The molecule has 0 bridgehead atoms. The summed E-state index contributed by atoms with van der Waals surface area (Å²) < 4.78 is 7.73. The molecule has 0 spiro atoms. The van der Waals surface area contributed by atoms with E-state index in [4.69, 9.17) is 4.74 Å². The van der Waals surface area contributed by atoms with Crippen LogP contribution in [-0.4, -0.2) is 46.4 Å². The van der Waals surface area contributed by atoms with Crippen LogP contribution in [0.15, 0.2) is 30.3 Å². The van der Waals surface area contributed by atoms with E-state index in [9.17, 15) is 4.79 Å². The fourth-order valence-electron chi connectivity index (χ4n) is 2.99. The quantitative estimate of drug-likeness (QED) is 0.909. The minimum Gasteiger partial charge on any atom is -0.491 e. The van der Waals surface area contributed by atoms with Gasteiger partial charge in [0.2, 0.25) is 0 Å². The molecule has 6 nitrogen and oxygen atoms in total. The average Bonchev–Trinajstić information content (AvgIpc) is 2.83. The molecule has 6 heteroatoms. The van der Waals surface area contributed by atoms with Crippen molar-refractivity contribution in [1.82, 2.24) is 20.0 Å². The van der Waals surface area contributed by atoms with Gasteiger partial charge in [-0.15, -0.1) is 0 Å². The molecule has 1 aliphatic rings. The van der Waals surface area contributed by atoms with E-state index in [1.54, 1.807) is 0 Å². The van der Waals surface area contributed by atoms with Gasteiger partial charge >= 0.3 is 6.03 Å². The topological polar surface area (TPSA) is 59.4 Å². The van der Waals surface area contributed by atoms with Gasteiger partial charge in [0.15, 0.2) is 0 Å². The number of carbonyl (C=O) groups is 1. The highest BCUT2D eigenvalue weighted by Gasteiger charge is 2.33. The summed E-state index contributed by atoms with van der Waals surface area (Å²) in [6.45, 7) is 9.86. The maximum absolute atomic E-state index is 12.3. The first-order valence-corrected chi connectivity index (χ1v) is 8.70. The number of rotatable bonds is 5. The van der Waals surface area contributed by atoms with E-state index in [2.05, 4.69) is 16.5 Å². The third kappa shape index (κ3) is 4.13. The summed E-state index contributed by atoms with van der Waals surface area (Å²) in [4.78, 5) is 14.1. The molecule has 2 aromatic rings. The molecule has 1 atom stereocenters. The van der Waals surface area contributed by atoms with Gasteiger partial charge in [0.05, 0.1) is 17.8 Å². The van der Waals surface area contributed by atoms with Crippen LogP contribution in [0, 0.1) is 20.8 Å². The van der Waals surface area contributed by atoms with Gasteiger partial charge in [0.25, 0.3) is 0 Å². The van der Waals surface area contributed by atoms with Crippen molar-refractivity contribution in [3.63, 3.8) is 0 Å². The van der Waals surface area contributed by atoms with Crippen molar-refractivity contribution in [2.24, 2.45) is 0 Å². The zero-order chi connectivity index (χ0) is 18.0. The lowest BCUT2D eigenvalue weighted by Crippen LogP contribution is -2.56. The van der Waals surface area contributed by atoms with Crippen molar-refractivity contribution < 1.29 is 9.53 Å². The molecule has 1 aromatic heterocycles. The molecular formula is C19H26N4O2. The number of amides is 2. The van der Waals surface area contributed by atoms with Crippen LogP contribution in [0.25, 0.3) is 0 Å². The fraction of sp³-hybridized carbons (Fsp3) is 0.474. The van der Waals surface area contributed by atoms with Crippen LogP contribution in [0.5, 0.6) is 5.75 Å². The Hall–Kier alpha value is -2.50. The number of aromatic nitrogens is 2. The second-order valence-corrected chi connectivity index (χ2v) is 6.91. The first-order valence-electron chi connectivity index (χ1n) is 8.70. The number of nitrogens with one attached hydrogen (secondary N) is 1. The number of carbonyl (C=O) groups excluding carboxylic acids is 1. The highest BCUT2D eigenvalue weighted by molar-refractivity contribution is 5.75. The van der Waals surface area contributed by atoms with Crippen molar-refractivity contribution in [2.45, 2.75) is 39.8 Å². The van der Waals surface area contributed by atoms with Crippen LogP contribution in [-0.2, 0) is 0 Å². The van der Waals surface area contributed by atoms with Crippen LogP contribution in [0.1, 0.15) is 29.9 Å².